The third-order valence-electron chi connectivity index (χ3n) is 18.0. The summed E-state index contributed by atoms with van der Waals surface area (Å²) in [6, 6.07) is -0.883. The third-order valence-corrected chi connectivity index (χ3v) is 21.9. The minimum absolute atomic E-state index is 0.0211. The second kappa shape index (κ2) is 25.4. The van der Waals surface area contributed by atoms with Crippen LogP contribution in [-0.2, 0) is 38.8 Å². The predicted molar refractivity (Wildman–Crippen MR) is 287 cm³/mol. The molecule has 5 aliphatic heterocycles. The van der Waals surface area contributed by atoms with Gasteiger partial charge in [0.15, 0.2) is 0 Å². The highest BCUT2D eigenvalue weighted by Crippen LogP contribution is 2.44. The lowest BCUT2D eigenvalue weighted by Gasteiger charge is -2.41. The van der Waals surface area contributed by atoms with Crippen molar-refractivity contribution in [3.05, 3.63) is 0 Å². The van der Waals surface area contributed by atoms with Crippen LogP contribution in [-0.4, -0.2) is 181 Å². The van der Waals surface area contributed by atoms with Gasteiger partial charge in [0.25, 0.3) is 0 Å². The average Bonchev–Trinajstić information content (AvgIpc) is 4.20. The molecule has 8 N–H and O–H groups in total. The number of aliphatic hydroxyl groups is 1. The van der Waals surface area contributed by atoms with E-state index in [1.807, 2.05) is 37.4 Å². The minimum atomic E-state index is -3.35. The summed E-state index contributed by atoms with van der Waals surface area (Å²) in [5.41, 5.74) is -0.888. The van der Waals surface area contributed by atoms with E-state index in [0.717, 1.165) is 75.7 Å². The summed E-state index contributed by atoms with van der Waals surface area (Å²) in [4.78, 5) is 83.5. The van der Waals surface area contributed by atoms with Crippen molar-refractivity contribution < 1.29 is 42.3 Å². The van der Waals surface area contributed by atoms with E-state index in [9.17, 15) is 42.3 Å². The highest BCUT2D eigenvalue weighted by atomic mass is 32.2. The first-order valence-corrected chi connectivity index (χ1v) is 31.9. The summed E-state index contributed by atoms with van der Waals surface area (Å²) < 4.78 is 25.0. The van der Waals surface area contributed by atoms with E-state index in [4.69, 9.17) is 0 Å². The number of hydrogen-bond acceptors (Lipinski definition) is 14. The summed E-state index contributed by atoms with van der Waals surface area (Å²) in [7, 11) is -3.35. The predicted octanol–water partition coefficient (Wildman–Crippen LogP) is 1.62. The Morgan fingerprint density at radius 1 is 0.730 bits per heavy atom. The Morgan fingerprint density at radius 2 is 1.41 bits per heavy atom. The molecule has 12 atom stereocenters. The van der Waals surface area contributed by atoms with Gasteiger partial charge >= 0.3 is 0 Å². The fourth-order valence-corrected chi connectivity index (χ4v) is 17.2. The molecule has 6 amide bonds. The molecule has 418 valence electrons. The molecule has 8 rings (SSSR count). The smallest absolute Gasteiger partial charge is 0.246 e. The van der Waals surface area contributed by atoms with Crippen LogP contribution in [0.2, 0.25) is 0 Å². The molecule has 74 heavy (non-hydrogen) atoms. The molecule has 0 spiro atoms. The molecule has 8 aliphatic rings. The number of carbonyl (C=O) groups excluding carboxylic acids is 6. The fraction of sp³-hybridized carbons (Fsp3) is 0.885. The van der Waals surface area contributed by atoms with E-state index in [0.29, 0.717) is 92.0 Å². The van der Waals surface area contributed by atoms with Gasteiger partial charge in [-0.1, -0.05) is 46.5 Å². The van der Waals surface area contributed by atoms with Crippen LogP contribution in [0.3, 0.4) is 0 Å². The minimum Gasteiger partial charge on any atom is -0.391 e. The van der Waals surface area contributed by atoms with Crippen LogP contribution in [0.5, 0.6) is 0 Å². The summed E-state index contributed by atoms with van der Waals surface area (Å²) >= 11 is 3.71. The highest BCUT2D eigenvalue weighted by Gasteiger charge is 2.46. The van der Waals surface area contributed by atoms with Crippen molar-refractivity contribution in [1.82, 2.24) is 51.3 Å². The number of thioether (sulfide) groups is 2. The normalized spacial score (nSPS) is 34.9. The lowest BCUT2D eigenvalue weighted by Crippen LogP contribution is -2.60. The maximum Gasteiger partial charge on any atom is 0.246 e. The van der Waals surface area contributed by atoms with Crippen molar-refractivity contribution in [3.8, 4) is 0 Å². The van der Waals surface area contributed by atoms with Gasteiger partial charge in [-0.15, -0.1) is 23.5 Å². The topological polar surface area (TPSA) is 251 Å². The number of nitrogens with one attached hydrogen (secondary N) is 7. The molecular weight excluding hydrogens is 1000 g/mol. The summed E-state index contributed by atoms with van der Waals surface area (Å²) in [6.07, 6.45) is 14.6. The summed E-state index contributed by atoms with van der Waals surface area (Å²) in [5, 5.41) is 33.6. The molecule has 5 saturated heterocycles. The Balaban J connectivity index is 0.710. The molecule has 9 unspecified atom stereocenters. The van der Waals surface area contributed by atoms with Gasteiger partial charge < -0.3 is 41.9 Å². The van der Waals surface area contributed by atoms with Gasteiger partial charge in [0.05, 0.1) is 37.3 Å². The number of likely N-dealkylation sites (tertiary alicyclic amines) is 2. The lowest BCUT2D eigenvalue weighted by atomic mass is 9.67. The third kappa shape index (κ3) is 15.1. The number of β-amino-alcohol motifs (C(OH)–C–C–N with tert-alkyl or cyclic N) is 1. The second-order valence-electron chi connectivity index (χ2n) is 24.6. The number of nitrogens with zero attached hydrogens (tertiary/aromatic N) is 3. The van der Waals surface area contributed by atoms with Gasteiger partial charge in [-0.05, 0) is 106 Å². The van der Waals surface area contributed by atoms with Crippen LogP contribution in [0.1, 0.15) is 118 Å². The van der Waals surface area contributed by atoms with Crippen molar-refractivity contribution in [3.63, 3.8) is 0 Å². The largest absolute Gasteiger partial charge is 0.391 e. The van der Waals surface area contributed by atoms with Gasteiger partial charge in [-0.2, -0.15) is 0 Å². The van der Waals surface area contributed by atoms with Crippen LogP contribution >= 0.6 is 23.5 Å². The quantitative estimate of drug-likeness (QED) is 0.0973. The zero-order chi connectivity index (χ0) is 52.9. The number of aliphatic hydroxyl groups excluding tert-OH is 1. The van der Waals surface area contributed by atoms with Crippen molar-refractivity contribution in [1.29, 1.82) is 0 Å². The Hall–Kier alpha value is -2.73. The van der Waals surface area contributed by atoms with Gasteiger partial charge in [0.1, 0.15) is 17.6 Å². The van der Waals surface area contributed by atoms with Gasteiger partial charge in [0, 0.05) is 81.2 Å². The first-order chi connectivity index (χ1) is 35.2. The molecule has 5 heterocycles. The molecule has 8 fully saturated rings. The molecule has 3 aliphatic carbocycles. The first kappa shape index (κ1) is 57.4. The van der Waals surface area contributed by atoms with Gasteiger partial charge in [-0.25, -0.2) is 12.7 Å². The molecule has 0 radical (unpaired) electrons. The molecule has 0 aromatic carbocycles. The van der Waals surface area contributed by atoms with E-state index in [-0.39, 0.29) is 79.5 Å². The van der Waals surface area contributed by atoms with Crippen LogP contribution in [0.4, 0.5) is 0 Å². The summed E-state index contributed by atoms with van der Waals surface area (Å²) in [6.45, 7) is 10.5. The zero-order valence-corrected chi connectivity index (χ0v) is 47.1. The Kier molecular flexibility index (Phi) is 19.7. The van der Waals surface area contributed by atoms with E-state index >= 15 is 0 Å². The van der Waals surface area contributed by atoms with Crippen molar-refractivity contribution >= 4 is 69.0 Å². The highest BCUT2D eigenvalue weighted by molar-refractivity contribution is 8.00. The SMILES string of the molecule is CC1NCSC1C1CCC(CNC(=O)[C@@H]2C[C@@H](O)CN2C(=O)[C@@H](NC(=O)CN2CC(C(=O)NCC3CCCC(C4CCCC(C5CSC(NC(=O)CNC(=O)C6CCN(S(C)(=O)=O)C6)N5)C4)C3)C2)C(C)(C)C)CC1. The van der Waals surface area contributed by atoms with E-state index in [2.05, 4.69) is 44.1 Å². The van der Waals surface area contributed by atoms with Crippen LogP contribution in [0.25, 0.3) is 0 Å². The molecule has 22 heteroatoms. The molecule has 0 bridgehead atoms. The average molecular weight is 1090 g/mol. The maximum absolute atomic E-state index is 14.2. The Labute approximate surface area is 448 Å². The van der Waals surface area contributed by atoms with Crippen LogP contribution in [0, 0.1) is 52.8 Å². The molecule has 0 aromatic heterocycles. The number of carbonyl (C=O) groups is 6. The molecular formula is C52H88N10O9S3. The van der Waals surface area contributed by atoms with E-state index in [1.54, 1.807) is 11.8 Å². The maximum atomic E-state index is 14.2. The van der Waals surface area contributed by atoms with Crippen molar-refractivity contribution in [2.45, 2.75) is 159 Å². The molecule has 19 nitrogen and oxygen atoms in total. The van der Waals surface area contributed by atoms with E-state index < -0.39 is 39.5 Å². The molecule has 3 saturated carbocycles. The zero-order valence-electron chi connectivity index (χ0n) is 44.6. The summed E-state index contributed by atoms with van der Waals surface area (Å²) in [5.74, 6) is 3.06. The Bertz CT molecular complexity index is 2110. The number of rotatable bonds is 18. The van der Waals surface area contributed by atoms with E-state index in [1.165, 1.54) is 28.5 Å². The number of sulfonamides is 1. The lowest BCUT2D eigenvalue weighted by molar-refractivity contribution is -0.144. The Morgan fingerprint density at radius 3 is 2.09 bits per heavy atom. The fourth-order valence-electron chi connectivity index (χ4n) is 13.6. The second-order valence-corrected chi connectivity index (χ2v) is 28.8. The van der Waals surface area contributed by atoms with Gasteiger partial charge in [0.2, 0.25) is 45.5 Å². The van der Waals surface area contributed by atoms with Crippen molar-refractivity contribution in [2.75, 3.05) is 76.8 Å². The van der Waals surface area contributed by atoms with Crippen molar-refractivity contribution in [2.24, 2.45) is 52.8 Å². The monoisotopic (exact) mass is 1090 g/mol. The number of hydrogen-bond donors (Lipinski definition) is 8. The van der Waals surface area contributed by atoms with Crippen LogP contribution < -0.4 is 37.2 Å². The van der Waals surface area contributed by atoms with Crippen LogP contribution in [0.15, 0.2) is 0 Å². The number of amides is 6. The molecule has 0 aromatic rings. The first-order valence-electron chi connectivity index (χ1n) is 28.0. The van der Waals surface area contributed by atoms with Gasteiger partial charge in [-0.3, -0.25) is 39.0 Å². The standard InChI is InChI=1S/C52H88N10O9S3/c1-31-45(73-30-56-31)34-14-12-32(13-15-34)21-54-49(68)42-20-40(63)27-62(42)50(69)46(52(2,3)4)58-44(65)28-60-24-39(25-60)48(67)53-22-33-8-6-9-35(18-33)36-10-7-11-37(19-36)41-29-72-51(57-41)59-43(64)23-55-47(66)38-16-17-61(26-38)74(5,70)71/h31-42,45-46,51,56-57,63H,6-30H2,1-5H3,(H,53,67)(H,54,68)(H,55,66)(H,58,65)(H,59,64)/t31?,32?,33?,34?,35?,36?,37?,38?,40-,41?,42+,45?,46-,51?/m1/s1.